The molecule has 6 heteroatoms. The minimum absolute atomic E-state index is 0.0199. The van der Waals surface area contributed by atoms with Crippen LogP contribution in [0.1, 0.15) is 27.2 Å². The first-order valence-electron chi connectivity index (χ1n) is 5.82. The molecule has 17 heavy (non-hydrogen) atoms. The topological polar surface area (TPSA) is 81.1 Å². The highest BCUT2D eigenvalue weighted by molar-refractivity contribution is 5.75. The largest absolute Gasteiger partial charge is 0.481 e. The SMILES string of the molecule is CCN(CCC(=O)O)C(=O)N(CCO)C(C)C. The van der Waals surface area contributed by atoms with Crippen LogP contribution in [0.5, 0.6) is 0 Å². The molecule has 2 amide bonds. The highest BCUT2D eigenvalue weighted by Crippen LogP contribution is 2.05. The predicted molar refractivity (Wildman–Crippen MR) is 63.8 cm³/mol. The van der Waals surface area contributed by atoms with Crippen LogP contribution >= 0.6 is 0 Å². The lowest BCUT2D eigenvalue weighted by atomic mass is 10.3. The summed E-state index contributed by atoms with van der Waals surface area (Å²) in [6, 6.07) is -0.244. The van der Waals surface area contributed by atoms with Gasteiger partial charge in [-0.3, -0.25) is 4.79 Å². The fourth-order valence-corrected chi connectivity index (χ4v) is 1.48. The number of aliphatic hydroxyl groups is 1. The number of carbonyl (C=O) groups is 2. The Labute approximate surface area is 102 Å². The summed E-state index contributed by atoms with van der Waals surface area (Å²) in [7, 11) is 0. The van der Waals surface area contributed by atoms with Crippen LogP contribution in [0, 0.1) is 0 Å². The number of urea groups is 1. The van der Waals surface area contributed by atoms with Gasteiger partial charge in [-0.05, 0) is 20.8 Å². The van der Waals surface area contributed by atoms with Crippen molar-refractivity contribution in [3.8, 4) is 0 Å². The number of hydrogen-bond donors (Lipinski definition) is 2. The Morgan fingerprint density at radius 3 is 2.18 bits per heavy atom. The minimum atomic E-state index is -0.922. The molecule has 6 nitrogen and oxygen atoms in total. The lowest BCUT2D eigenvalue weighted by Gasteiger charge is -2.32. The third-order valence-electron chi connectivity index (χ3n) is 2.46. The van der Waals surface area contributed by atoms with Gasteiger partial charge >= 0.3 is 12.0 Å². The van der Waals surface area contributed by atoms with Gasteiger partial charge in [-0.25, -0.2) is 4.79 Å². The van der Waals surface area contributed by atoms with Crippen LogP contribution in [0.4, 0.5) is 4.79 Å². The molecular weight excluding hydrogens is 224 g/mol. The molecule has 0 aromatic rings. The predicted octanol–water partition coefficient (Wildman–Crippen LogP) is 0.606. The maximum absolute atomic E-state index is 12.1. The highest BCUT2D eigenvalue weighted by atomic mass is 16.4. The summed E-state index contributed by atoms with van der Waals surface area (Å²) in [6.45, 7) is 6.34. The fourth-order valence-electron chi connectivity index (χ4n) is 1.48. The number of aliphatic hydroxyl groups excluding tert-OH is 1. The van der Waals surface area contributed by atoms with Crippen molar-refractivity contribution in [2.75, 3.05) is 26.2 Å². The van der Waals surface area contributed by atoms with Crippen molar-refractivity contribution in [1.29, 1.82) is 0 Å². The van der Waals surface area contributed by atoms with Crippen LogP contribution in [0.2, 0.25) is 0 Å². The van der Waals surface area contributed by atoms with Crippen LogP contribution in [0.25, 0.3) is 0 Å². The summed E-state index contributed by atoms with van der Waals surface area (Å²) in [6.07, 6.45) is -0.0648. The number of carboxylic acids is 1. The first-order chi connectivity index (χ1) is 7.93. The number of aliphatic carboxylic acids is 1. The molecule has 0 spiro atoms. The number of hydrogen-bond acceptors (Lipinski definition) is 3. The molecule has 100 valence electrons. The molecule has 0 aromatic heterocycles. The van der Waals surface area contributed by atoms with Gasteiger partial charge < -0.3 is 20.0 Å². The molecule has 0 atom stereocenters. The second kappa shape index (κ2) is 7.89. The molecule has 0 rings (SSSR count). The van der Waals surface area contributed by atoms with Crippen molar-refractivity contribution in [3.05, 3.63) is 0 Å². The van der Waals surface area contributed by atoms with Crippen molar-refractivity contribution >= 4 is 12.0 Å². The van der Waals surface area contributed by atoms with Crippen LogP contribution < -0.4 is 0 Å². The van der Waals surface area contributed by atoms with E-state index >= 15 is 0 Å². The Morgan fingerprint density at radius 1 is 1.24 bits per heavy atom. The van der Waals surface area contributed by atoms with Crippen molar-refractivity contribution < 1.29 is 19.8 Å². The summed E-state index contributed by atoms with van der Waals surface area (Å²) in [5, 5.41) is 17.5. The standard InChI is InChI=1S/C11H22N2O4/c1-4-12(6-5-10(15)16)11(17)13(7-8-14)9(2)3/h9,14H,4-8H2,1-3H3,(H,15,16). The van der Waals surface area contributed by atoms with Gasteiger partial charge in [0.25, 0.3) is 0 Å². The van der Waals surface area contributed by atoms with E-state index in [0.717, 1.165) is 0 Å². The molecular formula is C11H22N2O4. The zero-order valence-corrected chi connectivity index (χ0v) is 10.7. The van der Waals surface area contributed by atoms with Crippen molar-refractivity contribution in [2.45, 2.75) is 33.2 Å². The van der Waals surface area contributed by atoms with E-state index in [1.165, 1.54) is 9.80 Å². The van der Waals surface area contributed by atoms with Crippen molar-refractivity contribution in [1.82, 2.24) is 9.80 Å². The Hall–Kier alpha value is -1.30. The summed E-state index contributed by atoms with van der Waals surface area (Å²) >= 11 is 0. The molecule has 0 radical (unpaired) electrons. The summed E-state index contributed by atoms with van der Waals surface area (Å²) < 4.78 is 0. The first kappa shape index (κ1) is 15.7. The van der Waals surface area contributed by atoms with Gasteiger partial charge in [0.15, 0.2) is 0 Å². The van der Waals surface area contributed by atoms with E-state index in [1.807, 2.05) is 13.8 Å². The molecule has 0 heterocycles. The summed E-state index contributed by atoms with van der Waals surface area (Å²) in [5.41, 5.74) is 0. The Kier molecular flexibility index (Phi) is 7.29. The van der Waals surface area contributed by atoms with E-state index in [4.69, 9.17) is 10.2 Å². The number of carbonyl (C=O) groups excluding carboxylic acids is 1. The lowest BCUT2D eigenvalue weighted by molar-refractivity contribution is -0.137. The van der Waals surface area contributed by atoms with E-state index in [9.17, 15) is 9.59 Å². The van der Waals surface area contributed by atoms with E-state index < -0.39 is 5.97 Å². The molecule has 0 saturated heterocycles. The summed E-state index contributed by atoms with van der Waals surface area (Å²) in [5.74, 6) is -0.922. The van der Waals surface area contributed by atoms with Gasteiger partial charge in [-0.15, -0.1) is 0 Å². The number of amides is 2. The van der Waals surface area contributed by atoms with E-state index in [-0.39, 0.29) is 38.2 Å². The molecule has 0 aliphatic carbocycles. The van der Waals surface area contributed by atoms with Gasteiger partial charge in [-0.1, -0.05) is 0 Å². The average molecular weight is 246 g/mol. The third kappa shape index (κ3) is 5.53. The van der Waals surface area contributed by atoms with Gasteiger partial charge in [0.1, 0.15) is 0 Å². The number of carboxylic acid groups (broad SMARTS) is 1. The molecule has 0 unspecified atom stereocenters. The monoisotopic (exact) mass is 246 g/mol. The smallest absolute Gasteiger partial charge is 0.320 e. The molecule has 0 aliphatic rings. The Morgan fingerprint density at radius 2 is 1.82 bits per heavy atom. The number of nitrogens with zero attached hydrogens (tertiary/aromatic N) is 2. The van der Waals surface area contributed by atoms with Gasteiger partial charge in [0, 0.05) is 25.7 Å². The zero-order chi connectivity index (χ0) is 13.4. The molecule has 2 N–H and O–H groups in total. The van der Waals surface area contributed by atoms with Crippen molar-refractivity contribution in [3.63, 3.8) is 0 Å². The van der Waals surface area contributed by atoms with Crippen LogP contribution in [-0.4, -0.2) is 64.3 Å². The zero-order valence-electron chi connectivity index (χ0n) is 10.7. The van der Waals surface area contributed by atoms with E-state index in [2.05, 4.69) is 0 Å². The molecule has 0 bridgehead atoms. The number of rotatable bonds is 7. The lowest BCUT2D eigenvalue weighted by Crippen LogP contribution is -2.48. The van der Waals surface area contributed by atoms with Gasteiger partial charge in [0.2, 0.25) is 0 Å². The van der Waals surface area contributed by atoms with Crippen LogP contribution in [0.15, 0.2) is 0 Å². The Bertz CT molecular complexity index is 256. The molecule has 0 aliphatic heterocycles. The molecule has 0 saturated carbocycles. The molecule has 0 aromatic carbocycles. The maximum atomic E-state index is 12.1. The second-order valence-electron chi connectivity index (χ2n) is 4.02. The summed E-state index contributed by atoms with van der Waals surface area (Å²) in [4.78, 5) is 25.6. The van der Waals surface area contributed by atoms with Crippen LogP contribution in [0.3, 0.4) is 0 Å². The van der Waals surface area contributed by atoms with E-state index in [0.29, 0.717) is 6.54 Å². The van der Waals surface area contributed by atoms with Gasteiger partial charge in [0.05, 0.1) is 13.0 Å². The second-order valence-corrected chi connectivity index (χ2v) is 4.02. The van der Waals surface area contributed by atoms with Crippen molar-refractivity contribution in [2.24, 2.45) is 0 Å². The Balaban J connectivity index is 4.52. The quantitative estimate of drug-likeness (QED) is 0.689. The normalized spacial score (nSPS) is 10.4. The maximum Gasteiger partial charge on any atom is 0.320 e. The fraction of sp³-hybridized carbons (Fsp3) is 0.818. The molecule has 0 fully saturated rings. The van der Waals surface area contributed by atoms with Gasteiger partial charge in [-0.2, -0.15) is 0 Å². The minimum Gasteiger partial charge on any atom is -0.481 e. The van der Waals surface area contributed by atoms with Crippen LogP contribution in [-0.2, 0) is 4.79 Å². The first-order valence-corrected chi connectivity index (χ1v) is 5.82. The third-order valence-corrected chi connectivity index (χ3v) is 2.46. The highest BCUT2D eigenvalue weighted by Gasteiger charge is 2.21. The average Bonchev–Trinajstić information content (AvgIpc) is 2.25. The van der Waals surface area contributed by atoms with E-state index in [1.54, 1.807) is 6.92 Å².